The minimum absolute atomic E-state index is 0.415. The second kappa shape index (κ2) is 7.38. The van der Waals surface area contributed by atoms with Crippen molar-refractivity contribution in [2.24, 2.45) is 0 Å². The summed E-state index contributed by atoms with van der Waals surface area (Å²) in [6, 6.07) is 0.415. The number of piperazine rings is 1. The number of rotatable bonds is 6. The van der Waals surface area contributed by atoms with Crippen LogP contribution in [-0.4, -0.2) is 49.2 Å². The monoisotopic (exact) mass is 296 g/mol. The first-order valence-electron chi connectivity index (χ1n) is 7.83. The minimum Gasteiger partial charge on any atom is -0.346 e. The van der Waals surface area contributed by atoms with E-state index in [-0.39, 0.29) is 0 Å². The number of anilines is 1. The number of hydrogen-bond acceptors (Lipinski definition) is 5. The summed E-state index contributed by atoms with van der Waals surface area (Å²) in [5.41, 5.74) is 1.19. The summed E-state index contributed by atoms with van der Waals surface area (Å²) in [5.74, 6) is 0. The van der Waals surface area contributed by atoms with Gasteiger partial charge in [0, 0.05) is 37.1 Å². The number of aryl methyl sites for hydroxylation is 1. The van der Waals surface area contributed by atoms with Gasteiger partial charge >= 0.3 is 0 Å². The Morgan fingerprint density at radius 2 is 1.95 bits per heavy atom. The Morgan fingerprint density at radius 3 is 2.55 bits per heavy atom. The van der Waals surface area contributed by atoms with Crippen LogP contribution >= 0.6 is 11.3 Å². The average Bonchev–Trinajstić information content (AvgIpc) is 2.87. The van der Waals surface area contributed by atoms with Gasteiger partial charge in [-0.15, -0.1) is 11.3 Å². The quantitative estimate of drug-likeness (QED) is 0.874. The first-order chi connectivity index (χ1) is 9.65. The Labute approximate surface area is 127 Å². The normalized spacial score (nSPS) is 18.5. The van der Waals surface area contributed by atoms with Crippen molar-refractivity contribution in [3.63, 3.8) is 0 Å². The predicted molar refractivity (Wildman–Crippen MR) is 87.9 cm³/mol. The van der Waals surface area contributed by atoms with Crippen molar-refractivity contribution in [3.8, 4) is 0 Å². The minimum atomic E-state index is 0.415. The maximum atomic E-state index is 4.80. The van der Waals surface area contributed by atoms with Gasteiger partial charge in [-0.2, -0.15) is 0 Å². The summed E-state index contributed by atoms with van der Waals surface area (Å²) in [5, 5.41) is 4.77. The molecule has 1 aromatic rings. The molecule has 1 atom stereocenters. The SMILES string of the molecule is CCCNC(C)c1sc(N2CCN(CC)CC2)nc1C. The largest absolute Gasteiger partial charge is 0.346 e. The number of hydrogen-bond donors (Lipinski definition) is 1. The van der Waals surface area contributed by atoms with E-state index in [9.17, 15) is 0 Å². The molecule has 2 rings (SSSR count). The van der Waals surface area contributed by atoms with E-state index >= 15 is 0 Å². The zero-order chi connectivity index (χ0) is 14.5. The highest BCUT2D eigenvalue weighted by molar-refractivity contribution is 7.15. The fraction of sp³-hybridized carbons (Fsp3) is 0.800. The lowest BCUT2D eigenvalue weighted by Gasteiger charge is -2.33. The first-order valence-corrected chi connectivity index (χ1v) is 8.65. The Bertz CT molecular complexity index is 410. The van der Waals surface area contributed by atoms with Gasteiger partial charge < -0.3 is 15.1 Å². The molecule has 1 N–H and O–H groups in total. The van der Waals surface area contributed by atoms with E-state index in [4.69, 9.17) is 4.98 Å². The number of likely N-dealkylation sites (N-methyl/N-ethyl adjacent to an activating group) is 1. The van der Waals surface area contributed by atoms with E-state index in [2.05, 4.69) is 42.8 Å². The topological polar surface area (TPSA) is 31.4 Å². The summed E-state index contributed by atoms with van der Waals surface area (Å²) >= 11 is 1.87. The van der Waals surface area contributed by atoms with Crippen LogP contribution in [0.25, 0.3) is 0 Å². The van der Waals surface area contributed by atoms with Crippen LogP contribution in [0.3, 0.4) is 0 Å². The van der Waals surface area contributed by atoms with Gasteiger partial charge in [-0.25, -0.2) is 4.98 Å². The van der Waals surface area contributed by atoms with Crippen molar-refractivity contribution in [1.29, 1.82) is 0 Å². The van der Waals surface area contributed by atoms with E-state index < -0.39 is 0 Å². The molecule has 4 nitrogen and oxygen atoms in total. The van der Waals surface area contributed by atoms with Gasteiger partial charge in [0.15, 0.2) is 5.13 Å². The molecule has 0 saturated carbocycles. The van der Waals surface area contributed by atoms with Gasteiger partial charge in [-0.1, -0.05) is 13.8 Å². The van der Waals surface area contributed by atoms with E-state index in [0.717, 1.165) is 39.3 Å². The lowest BCUT2D eigenvalue weighted by atomic mass is 10.2. The highest BCUT2D eigenvalue weighted by atomic mass is 32.1. The van der Waals surface area contributed by atoms with Crippen LogP contribution in [0, 0.1) is 6.92 Å². The standard InChI is InChI=1S/C15H28N4S/c1-5-7-16-12(3)14-13(4)17-15(20-14)19-10-8-18(6-2)9-11-19/h12,16H,5-11H2,1-4H3. The summed E-state index contributed by atoms with van der Waals surface area (Å²) in [6.07, 6.45) is 1.17. The second-order valence-electron chi connectivity index (χ2n) is 5.54. The Hall–Kier alpha value is -0.650. The fourth-order valence-electron chi connectivity index (χ4n) is 2.64. The summed E-state index contributed by atoms with van der Waals surface area (Å²) in [7, 11) is 0. The molecule has 0 radical (unpaired) electrons. The van der Waals surface area contributed by atoms with Gasteiger partial charge in [-0.05, 0) is 33.4 Å². The smallest absolute Gasteiger partial charge is 0.185 e. The van der Waals surface area contributed by atoms with Crippen molar-refractivity contribution in [2.75, 3.05) is 44.2 Å². The molecule has 1 fully saturated rings. The van der Waals surface area contributed by atoms with E-state index in [0.29, 0.717) is 6.04 Å². The summed E-state index contributed by atoms with van der Waals surface area (Å²) in [6.45, 7) is 15.6. The average molecular weight is 296 g/mol. The number of thiazole rings is 1. The van der Waals surface area contributed by atoms with E-state index in [1.165, 1.54) is 22.1 Å². The zero-order valence-electron chi connectivity index (χ0n) is 13.3. The molecule has 1 aromatic heterocycles. The maximum Gasteiger partial charge on any atom is 0.185 e. The van der Waals surface area contributed by atoms with Crippen molar-refractivity contribution in [1.82, 2.24) is 15.2 Å². The molecule has 0 bridgehead atoms. The number of nitrogens with zero attached hydrogens (tertiary/aromatic N) is 3. The van der Waals surface area contributed by atoms with Crippen molar-refractivity contribution in [2.45, 2.75) is 40.2 Å². The van der Waals surface area contributed by atoms with Gasteiger partial charge in [-0.3, -0.25) is 0 Å². The van der Waals surface area contributed by atoms with Gasteiger partial charge in [0.25, 0.3) is 0 Å². The third-order valence-corrected chi connectivity index (χ3v) is 5.41. The van der Waals surface area contributed by atoms with Gasteiger partial charge in [0.05, 0.1) is 5.69 Å². The van der Waals surface area contributed by atoms with Crippen LogP contribution < -0.4 is 10.2 Å². The third kappa shape index (κ3) is 3.71. The third-order valence-electron chi connectivity index (χ3n) is 4.01. The lowest BCUT2D eigenvalue weighted by molar-refractivity contribution is 0.271. The Morgan fingerprint density at radius 1 is 1.25 bits per heavy atom. The van der Waals surface area contributed by atoms with E-state index in [1.807, 2.05) is 11.3 Å². The van der Waals surface area contributed by atoms with Crippen molar-refractivity contribution in [3.05, 3.63) is 10.6 Å². The van der Waals surface area contributed by atoms with Crippen LogP contribution in [0.1, 0.15) is 43.8 Å². The number of nitrogens with one attached hydrogen (secondary N) is 1. The zero-order valence-corrected chi connectivity index (χ0v) is 14.1. The molecular weight excluding hydrogens is 268 g/mol. The molecule has 1 aliphatic rings. The molecule has 0 aliphatic carbocycles. The highest BCUT2D eigenvalue weighted by Crippen LogP contribution is 2.31. The molecular formula is C15H28N4S. The molecule has 2 heterocycles. The second-order valence-corrected chi connectivity index (χ2v) is 6.55. The van der Waals surface area contributed by atoms with Crippen LogP contribution in [0.4, 0.5) is 5.13 Å². The molecule has 114 valence electrons. The first kappa shape index (κ1) is 15.7. The maximum absolute atomic E-state index is 4.80. The van der Waals surface area contributed by atoms with Crippen molar-refractivity contribution < 1.29 is 0 Å². The highest BCUT2D eigenvalue weighted by Gasteiger charge is 2.21. The van der Waals surface area contributed by atoms with E-state index in [1.54, 1.807) is 0 Å². The van der Waals surface area contributed by atoms with Crippen LogP contribution in [0.2, 0.25) is 0 Å². The fourth-order valence-corrected chi connectivity index (χ4v) is 3.78. The molecule has 5 heteroatoms. The molecule has 20 heavy (non-hydrogen) atoms. The molecule has 1 unspecified atom stereocenters. The molecule has 0 aromatic carbocycles. The molecule has 0 amide bonds. The lowest BCUT2D eigenvalue weighted by Crippen LogP contribution is -2.46. The summed E-state index contributed by atoms with van der Waals surface area (Å²) < 4.78 is 0. The Kier molecular flexibility index (Phi) is 5.81. The molecule has 0 spiro atoms. The van der Waals surface area contributed by atoms with Crippen LogP contribution in [-0.2, 0) is 0 Å². The van der Waals surface area contributed by atoms with Crippen LogP contribution in [0.5, 0.6) is 0 Å². The number of aromatic nitrogens is 1. The van der Waals surface area contributed by atoms with Crippen LogP contribution in [0.15, 0.2) is 0 Å². The summed E-state index contributed by atoms with van der Waals surface area (Å²) in [4.78, 5) is 11.1. The van der Waals surface area contributed by atoms with Gasteiger partial charge in [0.2, 0.25) is 0 Å². The molecule has 1 saturated heterocycles. The molecule has 1 aliphatic heterocycles. The predicted octanol–water partition coefficient (Wildman–Crippen LogP) is 2.65. The van der Waals surface area contributed by atoms with Crippen molar-refractivity contribution >= 4 is 16.5 Å². The van der Waals surface area contributed by atoms with Gasteiger partial charge in [0.1, 0.15) is 0 Å². The Balaban J connectivity index is 2.00.